The van der Waals surface area contributed by atoms with Gasteiger partial charge in [0, 0.05) is 33.8 Å². The number of amides is 2. The number of nitrogen functional groups attached to an aromatic ring is 1. The molecule has 38 heteroatoms. The van der Waals surface area contributed by atoms with E-state index in [9.17, 15) is 75.8 Å². The van der Waals surface area contributed by atoms with Crippen LogP contribution in [0.4, 0.5) is 76.7 Å². The number of carbonyl (C=O) groups excluding carboxylic acids is 3. The molecular formula is C91H104BrClF14N8O9S4Si. The number of halogens is 16. The van der Waals surface area contributed by atoms with E-state index in [1.807, 2.05) is 36.4 Å². The van der Waals surface area contributed by atoms with Crippen LogP contribution in [-0.2, 0) is 60.1 Å². The fraction of sp³-hybridized carbons (Fsp3) is 0.418. The maximum Gasteiger partial charge on any atom is 0.416 e. The van der Waals surface area contributed by atoms with Crippen molar-refractivity contribution in [1.29, 1.82) is 0 Å². The third-order valence-corrected chi connectivity index (χ3v) is 29.5. The number of methoxy groups -OCH3 is 3. The molecule has 2 fully saturated rings. The fourth-order valence-corrected chi connectivity index (χ4v) is 17.9. The summed E-state index contributed by atoms with van der Waals surface area (Å²) in [5, 5.41) is 1.87. The summed E-state index contributed by atoms with van der Waals surface area (Å²) in [7, 11) is 2.47. The smallest absolute Gasteiger partial charge is 0.416 e. The number of esters is 1. The Labute approximate surface area is 774 Å². The summed E-state index contributed by atoms with van der Waals surface area (Å²) in [6.45, 7) is 26.7. The minimum atomic E-state index is -3.18. The highest BCUT2D eigenvalue weighted by molar-refractivity contribution is 9.10. The Morgan fingerprint density at radius 1 is 0.488 bits per heavy atom. The molecule has 0 aromatic heterocycles. The van der Waals surface area contributed by atoms with Gasteiger partial charge in [0.05, 0.1) is 79.3 Å². The van der Waals surface area contributed by atoms with Gasteiger partial charge < -0.3 is 39.9 Å². The molecule has 2 saturated carbocycles. The molecule has 129 heavy (non-hydrogen) atoms. The first kappa shape index (κ1) is 107. The second-order valence-electron chi connectivity index (χ2n) is 34.5. The van der Waals surface area contributed by atoms with Crippen LogP contribution < -0.4 is 25.7 Å². The standard InChI is InChI=1S/C25H26F4N2O3S.C24H26F2N2O3S.C17H19F2NO2S.C12H11F4N3S.C8H9ClO.C4H9BrF2Si.CH4/c1-23(2,3)34-22(32)31(13-14-9-11-15(33-5)12-10-14)21-30-24(4,19-20(35-21)25(19,28)29)16-7-6-8-17(26)18(16)27;1-23(2,3)31-22(29)28(15-16-9-11-17(30-5)12-10-16)21-27-24(4,13-14-32-21)18-7-6-8-19(25)20(18)26;1-16(2,3)22-14(21)10-13-20-17(4,8-9-23-13)11-6-5-7-12(18)15(11)19;1-11(5-2-4(17)3-6(13)7(5)14)8-9(12(8,15)16)20-10(18)19-11;1-10-8-4-2-7(6-9)3-5-8;1-8(2,3)4(5,6)7;/h6-12,19-20H,13H2,1-5H3;6-14H,15H2,1-5H3;5-9H,10H2,1-4H3;2-3,8-9H,17H2,1H3,(H2,18,19);2-5H,6H2,1H3;1-3H3;1H4/t19-,20-,24-;24-;17-;8-,9-,11-;;;/m1001.../s1. The molecule has 0 saturated heterocycles. The lowest BCUT2D eigenvalue weighted by Crippen LogP contribution is -2.42. The van der Waals surface area contributed by atoms with Gasteiger partial charge in [0.2, 0.25) is 0 Å². The van der Waals surface area contributed by atoms with Crippen molar-refractivity contribution < 1.29 is 104 Å². The molecule has 0 radical (unpaired) electrons. The Hall–Kier alpha value is -8.88. The first-order chi connectivity index (χ1) is 59.2. The van der Waals surface area contributed by atoms with Gasteiger partial charge in [0.15, 0.2) is 62.0 Å². The summed E-state index contributed by atoms with van der Waals surface area (Å²) in [4.78, 5) is 58.3. The van der Waals surface area contributed by atoms with Gasteiger partial charge in [-0.3, -0.25) is 29.6 Å². The number of alkyl halides is 8. The quantitative estimate of drug-likeness (QED) is 0.0244. The highest BCUT2D eigenvalue weighted by Gasteiger charge is 2.79. The van der Waals surface area contributed by atoms with Crippen LogP contribution in [0, 0.1) is 58.4 Å². The number of benzene rings is 7. The molecule has 17 nitrogen and oxygen atoms in total. The van der Waals surface area contributed by atoms with Gasteiger partial charge in [-0.2, -0.15) is 8.78 Å². The zero-order valence-electron chi connectivity index (χ0n) is 73.4. The van der Waals surface area contributed by atoms with Crippen molar-refractivity contribution in [2.24, 2.45) is 37.5 Å². The van der Waals surface area contributed by atoms with Crippen LogP contribution in [0.1, 0.15) is 143 Å². The van der Waals surface area contributed by atoms with E-state index < -0.39 is 150 Å². The lowest BCUT2D eigenvalue weighted by atomic mass is 9.86. The highest BCUT2D eigenvalue weighted by Crippen LogP contribution is 2.69. The van der Waals surface area contributed by atoms with Gasteiger partial charge in [-0.1, -0.05) is 147 Å². The number of rotatable bonds is 15. The number of ether oxygens (including phenoxy) is 6. The molecule has 7 aromatic carbocycles. The number of carbonyl (C=O) groups is 3. The predicted octanol–water partition coefficient (Wildman–Crippen LogP) is 25.6. The molecular weight excluding hydrogens is 1890 g/mol. The number of amidine groups is 3. The summed E-state index contributed by atoms with van der Waals surface area (Å²) in [6.07, 6.45) is 1.99. The normalized spacial score (nSPS) is 21.9. The summed E-state index contributed by atoms with van der Waals surface area (Å²) in [5.74, 6) is -15.0. The minimum absolute atomic E-state index is 0. The SMILES string of the molecule is C.CC(C)(C)OC(=O)CC1=N[C@](C)(c2cccc(F)c2F)C=CS1.COc1ccc(CCl)cc1.COc1ccc(CN(C(=O)OC(C)(C)C)C2=N[C@](C)(c3cccc(F)c3F)C=CS2)cc1.COc1ccc(CN(C(=O)OC(C)(C)C)C2=N[C@](C)(c3cccc(F)c3F)[C@H]3[C@@H](S2)C3(F)F)cc1.C[C@]1(c2cc(N)cc(F)c2F)N=C(N)S[C@@H]2[C@H]1C2(F)F.C[Si](C)(C)C(F)(F)Br. The van der Waals surface area contributed by atoms with Crippen molar-refractivity contribution in [1.82, 2.24) is 9.80 Å². The summed E-state index contributed by atoms with van der Waals surface area (Å²) >= 11 is 11.9. The predicted molar refractivity (Wildman–Crippen MR) is 493 cm³/mol. The number of thioether (sulfide) groups is 4. The monoisotopic (exact) mass is 1990 g/mol. The molecule has 8 atom stereocenters. The largest absolute Gasteiger partial charge is 0.497 e. The molecule has 4 heterocycles. The van der Waals surface area contributed by atoms with Crippen LogP contribution in [0.5, 0.6) is 17.2 Å². The van der Waals surface area contributed by atoms with Crippen LogP contribution >= 0.6 is 74.6 Å². The zero-order valence-corrected chi connectivity index (χ0v) is 80.0. The number of anilines is 1. The van der Waals surface area contributed by atoms with E-state index in [0.717, 1.165) is 75.6 Å². The van der Waals surface area contributed by atoms with Gasteiger partial charge in [-0.15, -0.1) is 11.6 Å². The molecule has 0 unspecified atom stereocenters. The number of fused-ring (bicyclic) bond motifs is 2. The van der Waals surface area contributed by atoms with Crippen molar-refractivity contribution in [2.45, 2.75) is 208 Å². The number of hydrogen-bond acceptors (Lipinski definition) is 19. The van der Waals surface area contributed by atoms with Gasteiger partial charge >= 0.3 is 18.2 Å². The van der Waals surface area contributed by atoms with Gasteiger partial charge in [0.25, 0.3) is 16.3 Å². The summed E-state index contributed by atoms with van der Waals surface area (Å²) in [5.41, 5.74) is 5.43. The van der Waals surface area contributed by atoms with Crippen LogP contribution in [0.2, 0.25) is 19.6 Å². The number of nitrogens with two attached hydrogens (primary N) is 2. The molecule has 702 valence electrons. The van der Waals surface area contributed by atoms with Gasteiger partial charge in [-0.25, -0.2) is 67.3 Å². The van der Waals surface area contributed by atoms with E-state index in [1.54, 1.807) is 169 Å². The molecule has 4 N–H and O–H groups in total. The number of nitrogens with zero attached hydrogens (tertiary/aromatic N) is 6. The van der Waals surface area contributed by atoms with E-state index in [2.05, 4.69) is 35.9 Å². The topological polar surface area (TPSA) is 215 Å². The lowest BCUT2D eigenvalue weighted by Gasteiger charge is -2.34. The molecule has 2 aliphatic carbocycles. The zero-order chi connectivity index (χ0) is 95.8. The molecule has 6 aliphatic rings. The summed E-state index contributed by atoms with van der Waals surface area (Å²) in [6, 6.07) is 35.2. The Kier molecular flexibility index (Phi) is 35.2. The van der Waals surface area contributed by atoms with Gasteiger partial charge in [-0.05, 0) is 212 Å². The van der Waals surface area contributed by atoms with Crippen LogP contribution in [0.3, 0.4) is 0 Å². The van der Waals surface area contributed by atoms with Crippen molar-refractivity contribution in [3.63, 3.8) is 0 Å². The maximum absolute atomic E-state index is 14.9. The third kappa shape index (κ3) is 27.2. The van der Waals surface area contributed by atoms with Crippen molar-refractivity contribution in [3.8, 4) is 17.2 Å². The number of hydrogen-bond donors (Lipinski definition) is 2. The van der Waals surface area contributed by atoms with E-state index in [4.69, 9.17) is 51.5 Å². The van der Waals surface area contributed by atoms with Crippen molar-refractivity contribution >= 4 is 127 Å². The highest BCUT2D eigenvalue weighted by atomic mass is 79.9. The lowest BCUT2D eigenvalue weighted by molar-refractivity contribution is -0.153. The third-order valence-electron chi connectivity index (χ3n) is 19.8. The van der Waals surface area contributed by atoms with E-state index in [1.165, 1.54) is 85.8 Å². The van der Waals surface area contributed by atoms with E-state index >= 15 is 0 Å². The molecule has 0 bridgehead atoms. The Balaban J connectivity index is 0.000000224. The average molecular weight is 1990 g/mol. The molecule has 0 spiro atoms. The first-order valence-corrected chi connectivity index (χ1v) is 47.8. The van der Waals surface area contributed by atoms with E-state index in [0.29, 0.717) is 33.2 Å². The minimum Gasteiger partial charge on any atom is -0.497 e. The molecule has 2 amide bonds. The van der Waals surface area contributed by atoms with Crippen molar-refractivity contribution in [2.75, 3.05) is 27.1 Å². The molecule has 13 rings (SSSR count). The van der Waals surface area contributed by atoms with Crippen LogP contribution in [0.25, 0.3) is 0 Å². The second kappa shape index (κ2) is 42.3. The van der Waals surface area contributed by atoms with Gasteiger partial charge in [0.1, 0.15) is 53.2 Å². The molecule has 7 aromatic rings. The Morgan fingerprint density at radius 3 is 1.26 bits per heavy atom. The van der Waals surface area contributed by atoms with Crippen molar-refractivity contribution in [3.05, 3.63) is 248 Å². The van der Waals surface area contributed by atoms with Crippen LogP contribution in [-0.4, -0.2) is 122 Å². The van der Waals surface area contributed by atoms with Crippen LogP contribution in [0.15, 0.2) is 182 Å². The summed E-state index contributed by atoms with van der Waals surface area (Å²) < 4.78 is 223. The Bertz CT molecular complexity index is 5320. The second-order valence-corrected chi connectivity index (χ2v) is 45.8. The number of aliphatic imine (C=N–C) groups is 4. The Morgan fingerprint density at radius 2 is 0.853 bits per heavy atom. The average Bonchev–Trinajstić information content (AvgIpc) is 1.52. The van der Waals surface area contributed by atoms with E-state index in [-0.39, 0.29) is 65.2 Å². The molecule has 4 aliphatic heterocycles. The maximum atomic E-state index is 14.9. The first-order valence-electron chi connectivity index (χ1n) is 39.4. The fourth-order valence-electron chi connectivity index (χ4n) is 13.0.